The molecule has 0 saturated heterocycles. The van der Waals surface area contributed by atoms with Crippen LogP contribution in [0.25, 0.3) is 0 Å². The van der Waals surface area contributed by atoms with Gasteiger partial charge in [-0.2, -0.15) is 4.31 Å². The second-order valence-corrected chi connectivity index (χ2v) is 8.68. The Morgan fingerprint density at radius 3 is 2.55 bits per heavy atom. The molecular weight excluding hydrogens is 362 g/mol. The maximum atomic E-state index is 12.5. The Hall–Kier alpha value is -1.02. The van der Waals surface area contributed by atoms with E-state index in [1.165, 1.54) is 34.8 Å². The molecule has 1 aromatic heterocycles. The summed E-state index contributed by atoms with van der Waals surface area (Å²) in [5.74, 6) is 0. The van der Waals surface area contributed by atoms with Crippen LogP contribution in [-0.4, -0.2) is 26.1 Å². The summed E-state index contributed by atoms with van der Waals surface area (Å²) < 4.78 is 27.2. The largest absolute Gasteiger partial charge is 0.298 e. The fourth-order valence-electron chi connectivity index (χ4n) is 1.72. The van der Waals surface area contributed by atoms with Crippen LogP contribution in [0.15, 0.2) is 45.1 Å². The predicted octanol–water partition coefficient (Wildman–Crippen LogP) is 3.14. The van der Waals surface area contributed by atoms with Crippen molar-refractivity contribution in [3.05, 3.63) is 50.6 Å². The van der Waals surface area contributed by atoms with Crippen molar-refractivity contribution in [3.8, 4) is 0 Å². The number of benzene rings is 1. The maximum Gasteiger partial charge on any atom is 0.243 e. The summed E-state index contributed by atoms with van der Waals surface area (Å²) in [5, 5.41) is 0. The molecule has 0 aliphatic carbocycles. The molecule has 4 nitrogen and oxygen atoms in total. The minimum Gasteiger partial charge on any atom is -0.298 e. The summed E-state index contributed by atoms with van der Waals surface area (Å²) in [6.45, 7) is 0.270. The van der Waals surface area contributed by atoms with Crippen LogP contribution < -0.4 is 0 Å². The van der Waals surface area contributed by atoms with Crippen LogP contribution in [0.4, 0.5) is 0 Å². The monoisotopic (exact) mass is 373 g/mol. The third-order valence-electron chi connectivity index (χ3n) is 2.74. The van der Waals surface area contributed by atoms with Crippen molar-refractivity contribution >= 4 is 43.6 Å². The van der Waals surface area contributed by atoms with Crippen LogP contribution in [0.5, 0.6) is 0 Å². The van der Waals surface area contributed by atoms with E-state index in [0.29, 0.717) is 6.29 Å². The molecule has 0 N–H and O–H groups in total. The lowest BCUT2D eigenvalue weighted by molar-refractivity contribution is 0.112. The topological polar surface area (TPSA) is 54.5 Å². The number of carbonyl (C=O) groups is 1. The minimum absolute atomic E-state index is 0.0353. The van der Waals surface area contributed by atoms with E-state index in [9.17, 15) is 13.2 Å². The summed E-state index contributed by atoms with van der Waals surface area (Å²) in [4.78, 5) is 11.9. The third-order valence-corrected chi connectivity index (χ3v) is 6.23. The maximum absolute atomic E-state index is 12.5. The first kappa shape index (κ1) is 15.4. The second-order valence-electron chi connectivity index (χ2n) is 4.12. The van der Waals surface area contributed by atoms with Gasteiger partial charge in [-0.05, 0) is 34.1 Å². The highest BCUT2D eigenvalue weighted by atomic mass is 79.9. The summed E-state index contributed by atoms with van der Waals surface area (Å²) in [6.07, 6.45) is 0.558. The van der Waals surface area contributed by atoms with Gasteiger partial charge in [0.25, 0.3) is 0 Å². The van der Waals surface area contributed by atoms with E-state index in [2.05, 4.69) is 15.9 Å². The lowest BCUT2D eigenvalue weighted by Crippen LogP contribution is -2.27. The van der Waals surface area contributed by atoms with Crippen LogP contribution in [0, 0.1) is 0 Å². The van der Waals surface area contributed by atoms with Crippen LogP contribution in [0.3, 0.4) is 0 Å². The van der Waals surface area contributed by atoms with E-state index in [-0.39, 0.29) is 17.0 Å². The molecule has 0 bridgehead atoms. The molecular formula is C13H12BrNO3S2. The second kappa shape index (κ2) is 6.17. The molecule has 0 amide bonds. The van der Waals surface area contributed by atoms with E-state index < -0.39 is 10.0 Å². The molecule has 2 rings (SSSR count). The Bertz CT molecular complexity index is 725. The lowest BCUT2D eigenvalue weighted by atomic mass is 10.2. The van der Waals surface area contributed by atoms with Gasteiger partial charge in [-0.1, -0.05) is 18.2 Å². The molecule has 0 fully saturated rings. The van der Waals surface area contributed by atoms with Gasteiger partial charge in [0.15, 0.2) is 6.29 Å². The third kappa shape index (κ3) is 3.17. The molecule has 0 spiro atoms. The van der Waals surface area contributed by atoms with Gasteiger partial charge in [-0.15, -0.1) is 11.3 Å². The molecule has 2 aromatic rings. The number of thiophene rings is 1. The first-order valence-electron chi connectivity index (χ1n) is 5.70. The average molecular weight is 374 g/mol. The zero-order valence-electron chi connectivity index (χ0n) is 10.6. The quantitative estimate of drug-likeness (QED) is 0.756. The van der Waals surface area contributed by atoms with Crippen molar-refractivity contribution in [1.29, 1.82) is 0 Å². The highest BCUT2D eigenvalue weighted by molar-refractivity contribution is 9.11. The molecule has 1 heterocycles. The molecule has 7 heteroatoms. The molecule has 0 unspecified atom stereocenters. The number of nitrogens with zero attached hydrogens (tertiary/aromatic N) is 1. The standard InChI is InChI=1S/C13H12BrNO3S2/c1-15(8-11-6-7-13(14)19-11)20(17,18)12-5-3-2-4-10(12)9-16/h2-7,9H,8H2,1H3. The highest BCUT2D eigenvalue weighted by Gasteiger charge is 2.23. The average Bonchev–Trinajstić information content (AvgIpc) is 2.84. The Kier molecular flexibility index (Phi) is 4.74. The van der Waals surface area contributed by atoms with E-state index in [1.54, 1.807) is 12.1 Å². The normalized spacial score (nSPS) is 11.8. The first-order valence-corrected chi connectivity index (χ1v) is 8.75. The number of rotatable bonds is 5. The number of hydrogen-bond acceptors (Lipinski definition) is 4. The number of halogens is 1. The van der Waals surface area contributed by atoms with Crippen molar-refractivity contribution < 1.29 is 13.2 Å². The van der Waals surface area contributed by atoms with Gasteiger partial charge in [0.1, 0.15) is 0 Å². The zero-order chi connectivity index (χ0) is 14.8. The predicted molar refractivity (Wildman–Crippen MR) is 82.5 cm³/mol. The molecule has 1 aromatic carbocycles. The van der Waals surface area contributed by atoms with Crippen molar-refractivity contribution in [1.82, 2.24) is 4.31 Å². The summed E-state index contributed by atoms with van der Waals surface area (Å²) in [5.41, 5.74) is 0.173. The Morgan fingerprint density at radius 2 is 1.95 bits per heavy atom. The molecule has 0 aliphatic rings. The minimum atomic E-state index is -3.68. The fourth-order valence-corrected chi connectivity index (χ4v) is 4.65. The summed E-state index contributed by atoms with van der Waals surface area (Å²) >= 11 is 4.82. The van der Waals surface area contributed by atoms with Crippen molar-refractivity contribution in [3.63, 3.8) is 0 Å². The molecule has 0 saturated carbocycles. The van der Waals surface area contributed by atoms with Gasteiger partial charge in [-0.25, -0.2) is 8.42 Å². The van der Waals surface area contributed by atoms with Gasteiger partial charge >= 0.3 is 0 Å². The first-order chi connectivity index (χ1) is 9.45. The number of hydrogen-bond donors (Lipinski definition) is 0. The van der Waals surface area contributed by atoms with Gasteiger partial charge in [0, 0.05) is 24.0 Å². The van der Waals surface area contributed by atoms with Gasteiger partial charge in [0.05, 0.1) is 8.68 Å². The smallest absolute Gasteiger partial charge is 0.243 e. The molecule has 20 heavy (non-hydrogen) atoms. The van der Waals surface area contributed by atoms with E-state index in [0.717, 1.165) is 8.66 Å². The van der Waals surface area contributed by atoms with Crippen LogP contribution >= 0.6 is 27.3 Å². The van der Waals surface area contributed by atoms with Crippen LogP contribution in [0.2, 0.25) is 0 Å². The van der Waals surface area contributed by atoms with E-state index >= 15 is 0 Å². The molecule has 106 valence electrons. The van der Waals surface area contributed by atoms with Crippen molar-refractivity contribution in [2.75, 3.05) is 7.05 Å². The summed E-state index contributed by atoms with van der Waals surface area (Å²) in [6, 6.07) is 9.93. The Labute approximate surface area is 130 Å². The Balaban J connectivity index is 2.32. The Morgan fingerprint density at radius 1 is 1.25 bits per heavy atom. The van der Waals surface area contributed by atoms with Crippen LogP contribution in [0.1, 0.15) is 15.2 Å². The summed E-state index contributed by atoms with van der Waals surface area (Å²) in [7, 11) is -2.17. The molecule has 0 radical (unpaired) electrons. The van der Waals surface area contributed by atoms with Gasteiger partial charge in [-0.3, -0.25) is 4.79 Å². The number of carbonyl (C=O) groups excluding carboxylic acids is 1. The fraction of sp³-hybridized carbons (Fsp3) is 0.154. The highest BCUT2D eigenvalue weighted by Crippen LogP contribution is 2.25. The van der Waals surface area contributed by atoms with Crippen molar-refractivity contribution in [2.24, 2.45) is 0 Å². The number of sulfonamides is 1. The molecule has 0 atom stereocenters. The van der Waals surface area contributed by atoms with Crippen molar-refractivity contribution in [2.45, 2.75) is 11.4 Å². The number of aldehydes is 1. The van der Waals surface area contributed by atoms with Crippen LogP contribution in [-0.2, 0) is 16.6 Å². The molecule has 0 aliphatic heterocycles. The van der Waals surface area contributed by atoms with Gasteiger partial charge < -0.3 is 0 Å². The van der Waals surface area contributed by atoms with Gasteiger partial charge in [0.2, 0.25) is 10.0 Å². The lowest BCUT2D eigenvalue weighted by Gasteiger charge is -2.17. The zero-order valence-corrected chi connectivity index (χ0v) is 13.8. The van der Waals surface area contributed by atoms with E-state index in [1.807, 2.05) is 12.1 Å². The SMILES string of the molecule is CN(Cc1ccc(Br)s1)S(=O)(=O)c1ccccc1C=O. The van der Waals surface area contributed by atoms with E-state index in [4.69, 9.17) is 0 Å².